The summed E-state index contributed by atoms with van der Waals surface area (Å²) in [5.74, 6) is -0.286. The summed E-state index contributed by atoms with van der Waals surface area (Å²) < 4.78 is 0.928. The van der Waals surface area contributed by atoms with E-state index in [0.717, 1.165) is 4.47 Å². The van der Waals surface area contributed by atoms with Crippen molar-refractivity contribution in [3.63, 3.8) is 0 Å². The molecule has 23 heavy (non-hydrogen) atoms. The Morgan fingerprint density at radius 3 is 2.26 bits per heavy atom. The van der Waals surface area contributed by atoms with Gasteiger partial charge in [-0.05, 0) is 42.3 Å². The average Bonchev–Trinajstić information content (AvgIpc) is 2.54. The number of halogens is 1. The summed E-state index contributed by atoms with van der Waals surface area (Å²) in [6.07, 6.45) is 0. The second-order valence-electron chi connectivity index (χ2n) is 5.47. The number of carbonyl (C=O) groups excluding carboxylic acids is 2. The zero-order chi connectivity index (χ0) is 16.8. The Bertz CT molecular complexity index is 699. The molecular formula is C17H18BrN3O2. The molecule has 120 valence electrons. The van der Waals surface area contributed by atoms with Crippen molar-refractivity contribution < 1.29 is 9.59 Å². The lowest BCUT2D eigenvalue weighted by Crippen LogP contribution is -2.28. The second-order valence-corrected chi connectivity index (χ2v) is 6.39. The van der Waals surface area contributed by atoms with Crippen LogP contribution in [0.1, 0.15) is 34.8 Å². The van der Waals surface area contributed by atoms with Crippen LogP contribution in [0.25, 0.3) is 0 Å². The third-order valence-electron chi connectivity index (χ3n) is 2.99. The van der Waals surface area contributed by atoms with E-state index in [1.165, 1.54) is 0 Å². The van der Waals surface area contributed by atoms with Crippen LogP contribution in [-0.2, 0) is 0 Å². The van der Waals surface area contributed by atoms with Gasteiger partial charge >= 0.3 is 0 Å². The fraction of sp³-hybridized carbons (Fsp3) is 0.235. The molecule has 0 bridgehead atoms. The van der Waals surface area contributed by atoms with Crippen LogP contribution in [-0.4, -0.2) is 23.3 Å². The highest BCUT2D eigenvalue weighted by Gasteiger charge is 2.12. The van der Waals surface area contributed by atoms with Crippen LogP contribution in [0.5, 0.6) is 0 Å². The van der Waals surface area contributed by atoms with E-state index in [2.05, 4.69) is 31.5 Å². The fourth-order valence-electron chi connectivity index (χ4n) is 1.80. The quantitative estimate of drug-likeness (QED) is 0.839. The lowest BCUT2D eigenvalue weighted by molar-refractivity contribution is 0.0944. The number of aromatic nitrogens is 1. The van der Waals surface area contributed by atoms with E-state index < -0.39 is 0 Å². The minimum Gasteiger partial charge on any atom is -0.350 e. The van der Waals surface area contributed by atoms with Crippen LogP contribution in [0, 0.1) is 5.92 Å². The average molecular weight is 376 g/mol. The van der Waals surface area contributed by atoms with Crippen molar-refractivity contribution in [2.45, 2.75) is 13.8 Å². The monoisotopic (exact) mass is 375 g/mol. The largest absolute Gasteiger partial charge is 0.350 e. The van der Waals surface area contributed by atoms with Gasteiger partial charge < -0.3 is 10.6 Å². The molecular weight excluding hydrogens is 358 g/mol. The van der Waals surface area contributed by atoms with Crippen LogP contribution < -0.4 is 10.6 Å². The van der Waals surface area contributed by atoms with Gasteiger partial charge in [0.15, 0.2) is 0 Å². The molecule has 2 rings (SSSR count). The number of amides is 2. The van der Waals surface area contributed by atoms with Crippen LogP contribution in [0.4, 0.5) is 5.69 Å². The Kier molecular flexibility index (Phi) is 5.87. The van der Waals surface area contributed by atoms with Gasteiger partial charge in [0.25, 0.3) is 11.8 Å². The van der Waals surface area contributed by atoms with Crippen molar-refractivity contribution in [2.24, 2.45) is 5.92 Å². The van der Waals surface area contributed by atoms with Crippen molar-refractivity contribution in [1.29, 1.82) is 0 Å². The maximum absolute atomic E-state index is 12.2. The third-order valence-corrected chi connectivity index (χ3v) is 3.52. The first-order chi connectivity index (χ1) is 11.0. The zero-order valence-electron chi connectivity index (χ0n) is 13.0. The molecule has 1 aromatic carbocycles. The molecule has 0 radical (unpaired) electrons. The highest BCUT2D eigenvalue weighted by Crippen LogP contribution is 2.14. The highest BCUT2D eigenvalue weighted by atomic mass is 79.9. The predicted octanol–water partition coefficient (Wildman–Crippen LogP) is 3.48. The van der Waals surface area contributed by atoms with Gasteiger partial charge in [-0.2, -0.15) is 0 Å². The molecule has 0 aliphatic carbocycles. The number of benzene rings is 1. The molecule has 2 aromatic rings. The molecule has 2 N–H and O–H groups in total. The first-order valence-corrected chi connectivity index (χ1v) is 8.07. The van der Waals surface area contributed by atoms with Gasteiger partial charge in [-0.25, -0.2) is 4.98 Å². The molecule has 1 aromatic heterocycles. The number of hydrogen-bond acceptors (Lipinski definition) is 3. The topological polar surface area (TPSA) is 71.1 Å². The van der Waals surface area contributed by atoms with Gasteiger partial charge in [-0.1, -0.05) is 35.8 Å². The lowest BCUT2D eigenvalue weighted by Gasteiger charge is -2.08. The first kappa shape index (κ1) is 17.1. The van der Waals surface area contributed by atoms with Gasteiger partial charge in [0.05, 0.1) is 0 Å². The number of anilines is 1. The molecule has 0 saturated heterocycles. The van der Waals surface area contributed by atoms with E-state index in [9.17, 15) is 9.59 Å². The van der Waals surface area contributed by atoms with Gasteiger partial charge in [0, 0.05) is 16.7 Å². The van der Waals surface area contributed by atoms with Gasteiger partial charge in [0.1, 0.15) is 11.4 Å². The molecule has 0 aliphatic heterocycles. The van der Waals surface area contributed by atoms with E-state index in [-0.39, 0.29) is 23.2 Å². The molecule has 0 spiro atoms. The van der Waals surface area contributed by atoms with Crippen LogP contribution >= 0.6 is 15.9 Å². The Morgan fingerprint density at radius 1 is 1.04 bits per heavy atom. The molecule has 6 heteroatoms. The third kappa shape index (κ3) is 5.17. The van der Waals surface area contributed by atoms with Gasteiger partial charge in [0.2, 0.25) is 0 Å². The summed E-state index contributed by atoms with van der Waals surface area (Å²) in [6.45, 7) is 4.58. The Hall–Kier alpha value is -2.21. The Labute approximate surface area is 143 Å². The highest BCUT2D eigenvalue weighted by molar-refractivity contribution is 9.10. The predicted molar refractivity (Wildman–Crippen MR) is 93.5 cm³/mol. The van der Waals surface area contributed by atoms with Crippen molar-refractivity contribution in [2.75, 3.05) is 11.9 Å². The van der Waals surface area contributed by atoms with Crippen molar-refractivity contribution >= 4 is 33.4 Å². The molecule has 2 amide bonds. The van der Waals surface area contributed by atoms with E-state index in [1.807, 2.05) is 26.0 Å². The fourth-order valence-corrected chi connectivity index (χ4v) is 2.07. The normalized spacial score (nSPS) is 10.4. The SMILES string of the molecule is CC(C)CNC(=O)c1cccc(C(=O)Nc2ccc(Br)cc2)n1. The molecule has 0 aliphatic rings. The minimum absolute atomic E-state index is 0.199. The molecule has 0 unspecified atom stereocenters. The summed E-state index contributed by atoms with van der Waals surface area (Å²) in [6, 6.07) is 12.0. The number of nitrogens with zero attached hydrogens (tertiary/aromatic N) is 1. The molecule has 0 atom stereocenters. The van der Waals surface area contributed by atoms with Crippen molar-refractivity contribution in [3.8, 4) is 0 Å². The van der Waals surface area contributed by atoms with E-state index in [4.69, 9.17) is 0 Å². The maximum Gasteiger partial charge on any atom is 0.274 e. The van der Waals surface area contributed by atoms with E-state index in [1.54, 1.807) is 30.3 Å². The smallest absolute Gasteiger partial charge is 0.274 e. The number of pyridine rings is 1. The van der Waals surface area contributed by atoms with Crippen molar-refractivity contribution in [1.82, 2.24) is 10.3 Å². The van der Waals surface area contributed by atoms with Gasteiger partial charge in [-0.3, -0.25) is 9.59 Å². The number of nitrogens with one attached hydrogen (secondary N) is 2. The lowest BCUT2D eigenvalue weighted by atomic mass is 10.2. The second kappa shape index (κ2) is 7.87. The summed E-state index contributed by atoms with van der Waals surface area (Å²) in [4.78, 5) is 28.4. The summed E-state index contributed by atoms with van der Waals surface area (Å²) in [5.41, 5.74) is 1.09. The van der Waals surface area contributed by atoms with E-state index >= 15 is 0 Å². The van der Waals surface area contributed by atoms with Crippen LogP contribution in [0.2, 0.25) is 0 Å². The summed E-state index contributed by atoms with van der Waals surface area (Å²) in [7, 11) is 0. The molecule has 0 fully saturated rings. The first-order valence-electron chi connectivity index (χ1n) is 7.28. The summed E-state index contributed by atoms with van der Waals surface area (Å²) >= 11 is 3.34. The van der Waals surface area contributed by atoms with E-state index in [0.29, 0.717) is 18.2 Å². The Morgan fingerprint density at radius 2 is 1.65 bits per heavy atom. The molecule has 5 nitrogen and oxygen atoms in total. The number of rotatable bonds is 5. The standard InChI is InChI=1S/C17H18BrN3O2/c1-11(2)10-19-16(22)14-4-3-5-15(21-14)17(23)20-13-8-6-12(18)7-9-13/h3-9,11H,10H2,1-2H3,(H,19,22)(H,20,23). The van der Waals surface area contributed by atoms with Gasteiger partial charge in [-0.15, -0.1) is 0 Å². The van der Waals surface area contributed by atoms with Crippen LogP contribution in [0.15, 0.2) is 46.9 Å². The summed E-state index contributed by atoms with van der Waals surface area (Å²) in [5, 5.41) is 5.53. The molecule has 1 heterocycles. The zero-order valence-corrected chi connectivity index (χ0v) is 14.6. The van der Waals surface area contributed by atoms with Crippen molar-refractivity contribution in [3.05, 3.63) is 58.3 Å². The molecule has 0 saturated carbocycles. The minimum atomic E-state index is -0.356. The number of carbonyl (C=O) groups is 2. The number of hydrogen-bond donors (Lipinski definition) is 2. The maximum atomic E-state index is 12.2. The Balaban J connectivity index is 2.07. The van der Waals surface area contributed by atoms with Crippen LogP contribution in [0.3, 0.4) is 0 Å².